The summed E-state index contributed by atoms with van der Waals surface area (Å²) in [7, 11) is 5.15. The normalized spacial score (nSPS) is 42.9. The highest BCUT2D eigenvalue weighted by Gasteiger charge is 2.76. The van der Waals surface area contributed by atoms with Gasteiger partial charge in [0.1, 0.15) is 0 Å². The lowest BCUT2D eigenvalue weighted by Crippen LogP contribution is -2.70. The van der Waals surface area contributed by atoms with E-state index in [1.165, 1.54) is 29.9 Å². The Morgan fingerprint density at radius 1 is 1.09 bits per heavy atom. The predicted molar refractivity (Wildman–Crippen MR) is 127 cm³/mol. The number of benzene rings is 1. The molecule has 1 aromatic carbocycles. The molecule has 4 saturated heterocycles. The summed E-state index contributed by atoms with van der Waals surface area (Å²) >= 11 is 0. The van der Waals surface area contributed by atoms with Gasteiger partial charge in [0.15, 0.2) is 0 Å². The zero-order valence-corrected chi connectivity index (χ0v) is 20.0. The van der Waals surface area contributed by atoms with Crippen molar-refractivity contribution in [2.24, 2.45) is 31.8 Å². The summed E-state index contributed by atoms with van der Waals surface area (Å²) in [5, 5.41) is 23.1. The molecule has 6 aliphatic rings. The number of aromatic nitrogens is 2. The maximum atomic E-state index is 13.4. The van der Waals surface area contributed by atoms with E-state index in [2.05, 4.69) is 48.0 Å². The van der Waals surface area contributed by atoms with Crippen LogP contribution in [-0.4, -0.2) is 55.5 Å². The van der Waals surface area contributed by atoms with E-state index in [9.17, 15) is 19.8 Å². The van der Waals surface area contributed by atoms with Crippen molar-refractivity contribution in [1.29, 1.82) is 0 Å². The van der Waals surface area contributed by atoms with Crippen LogP contribution in [0.1, 0.15) is 43.4 Å². The number of aliphatic hydroxyl groups excluding tert-OH is 1. The van der Waals surface area contributed by atoms with Crippen LogP contribution in [0.3, 0.4) is 0 Å². The van der Waals surface area contributed by atoms with Crippen LogP contribution < -0.4 is 16.1 Å². The van der Waals surface area contributed by atoms with Crippen molar-refractivity contribution >= 4 is 5.69 Å². The third-order valence-electron chi connectivity index (χ3n) is 10.5. The molecule has 1 spiro atoms. The summed E-state index contributed by atoms with van der Waals surface area (Å²) in [6.07, 6.45) is 2.27. The fraction of sp³-hybridized carbons (Fsp3) is 0.615. The van der Waals surface area contributed by atoms with Gasteiger partial charge in [0.25, 0.3) is 5.56 Å². The van der Waals surface area contributed by atoms with Crippen LogP contribution in [0, 0.1) is 17.8 Å². The highest BCUT2D eigenvalue weighted by molar-refractivity contribution is 5.67. The van der Waals surface area contributed by atoms with Crippen molar-refractivity contribution in [3.8, 4) is 5.88 Å². The fourth-order valence-corrected chi connectivity index (χ4v) is 9.41. The van der Waals surface area contributed by atoms with Crippen LogP contribution in [0.25, 0.3) is 0 Å². The molecule has 1 aromatic heterocycles. The van der Waals surface area contributed by atoms with E-state index in [1.807, 2.05) is 0 Å². The molecular formula is C26H32N4O4. The van der Waals surface area contributed by atoms with Crippen LogP contribution in [0.5, 0.6) is 5.88 Å². The van der Waals surface area contributed by atoms with Crippen LogP contribution in [0.2, 0.25) is 0 Å². The molecule has 1 saturated carbocycles. The number of aliphatic hydroxyl groups is 1. The van der Waals surface area contributed by atoms with Gasteiger partial charge in [-0.2, -0.15) is 0 Å². The zero-order valence-electron chi connectivity index (χ0n) is 20.0. The Morgan fingerprint density at radius 3 is 2.56 bits per heavy atom. The van der Waals surface area contributed by atoms with E-state index < -0.39 is 17.4 Å². The molecule has 10 atom stereocenters. The lowest BCUT2D eigenvalue weighted by Gasteiger charge is -2.64. The molecule has 0 amide bonds. The van der Waals surface area contributed by atoms with Crippen LogP contribution in [-0.2, 0) is 19.5 Å². The Bertz CT molecular complexity index is 1350. The van der Waals surface area contributed by atoms with Gasteiger partial charge in [0, 0.05) is 56.3 Å². The molecule has 1 aliphatic carbocycles. The summed E-state index contributed by atoms with van der Waals surface area (Å²) in [4.78, 5) is 30.8. The largest absolute Gasteiger partial charge is 0.494 e. The SMILES string of the molecule is CC[C@H]1[C@@H]2C[C@@H]3[C@@H]4N(C)c5ccccc5[C@]45C[C@@H]([C@@H]2[C@H]5O)N3[C@@H]1c1c(O)n(C)c(=O)n(C)c1=O. The van der Waals surface area contributed by atoms with Gasteiger partial charge in [-0.15, -0.1) is 0 Å². The third kappa shape index (κ3) is 1.98. The molecule has 6 heterocycles. The van der Waals surface area contributed by atoms with E-state index in [0.29, 0.717) is 5.56 Å². The Labute approximate surface area is 198 Å². The van der Waals surface area contributed by atoms with Crippen LogP contribution >= 0.6 is 0 Å². The molecule has 8 rings (SSSR count). The van der Waals surface area contributed by atoms with Gasteiger partial charge in [-0.05, 0) is 36.3 Å². The Hall–Kier alpha value is -2.58. The van der Waals surface area contributed by atoms with E-state index >= 15 is 0 Å². The lowest BCUT2D eigenvalue weighted by atomic mass is 9.59. The number of hydrogen-bond donors (Lipinski definition) is 2. The van der Waals surface area contributed by atoms with E-state index in [1.54, 1.807) is 0 Å². The highest BCUT2D eigenvalue weighted by Crippen LogP contribution is 2.71. The lowest BCUT2D eigenvalue weighted by molar-refractivity contribution is -0.143. The monoisotopic (exact) mass is 464 g/mol. The van der Waals surface area contributed by atoms with Crippen molar-refractivity contribution in [2.75, 3.05) is 11.9 Å². The molecule has 0 radical (unpaired) electrons. The molecule has 2 N–H and O–H groups in total. The molecule has 5 fully saturated rings. The number of aromatic hydroxyl groups is 1. The second-order valence-electron chi connectivity index (χ2n) is 11.3. The first-order valence-electron chi connectivity index (χ1n) is 12.5. The van der Waals surface area contributed by atoms with E-state index in [0.717, 1.165) is 23.8 Å². The maximum Gasteiger partial charge on any atom is 0.333 e. The number of hydrogen-bond acceptors (Lipinski definition) is 6. The minimum absolute atomic E-state index is 0.116. The van der Waals surface area contributed by atoms with E-state index in [-0.39, 0.29) is 53.2 Å². The van der Waals surface area contributed by atoms with Gasteiger partial charge < -0.3 is 15.1 Å². The minimum atomic E-state index is -0.516. The van der Waals surface area contributed by atoms with Gasteiger partial charge in [0.2, 0.25) is 5.88 Å². The smallest absolute Gasteiger partial charge is 0.333 e. The molecule has 8 heteroatoms. The van der Waals surface area contributed by atoms with Crippen molar-refractivity contribution in [3.05, 3.63) is 56.2 Å². The fourth-order valence-electron chi connectivity index (χ4n) is 9.41. The number of likely N-dealkylation sites (N-methyl/N-ethyl adjacent to an activating group) is 1. The van der Waals surface area contributed by atoms with Crippen LogP contribution in [0.4, 0.5) is 5.69 Å². The zero-order chi connectivity index (χ0) is 23.8. The average molecular weight is 465 g/mol. The first-order valence-corrected chi connectivity index (χ1v) is 12.5. The van der Waals surface area contributed by atoms with Crippen molar-refractivity contribution < 1.29 is 10.2 Å². The topological polar surface area (TPSA) is 90.9 Å². The number of fused-ring (bicyclic) bond motifs is 2. The summed E-state index contributed by atoms with van der Waals surface area (Å²) < 4.78 is 2.31. The first-order chi connectivity index (χ1) is 16.3. The van der Waals surface area contributed by atoms with Gasteiger partial charge in [-0.25, -0.2) is 4.79 Å². The highest BCUT2D eigenvalue weighted by atomic mass is 16.3. The number of piperidine rings is 4. The second-order valence-corrected chi connectivity index (χ2v) is 11.3. The Balaban J connectivity index is 1.47. The predicted octanol–water partition coefficient (Wildman–Crippen LogP) is 1.08. The minimum Gasteiger partial charge on any atom is -0.494 e. The summed E-state index contributed by atoms with van der Waals surface area (Å²) in [5.74, 6) is 0.350. The number of anilines is 1. The molecule has 1 unspecified atom stereocenters. The number of para-hydroxylation sites is 1. The number of rotatable bonds is 2. The molecular weight excluding hydrogens is 432 g/mol. The number of nitrogens with zero attached hydrogens (tertiary/aromatic N) is 4. The van der Waals surface area contributed by atoms with Crippen molar-refractivity contribution in [2.45, 2.75) is 61.9 Å². The van der Waals surface area contributed by atoms with Gasteiger partial charge in [-0.1, -0.05) is 31.5 Å². The summed E-state index contributed by atoms with van der Waals surface area (Å²) in [5.41, 5.74) is 1.59. The van der Waals surface area contributed by atoms with E-state index in [4.69, 9.17) is 0 Å². The first kappa shape index (κ1) is 20.8. The van der Waals surface area contributed by atoms with Gasteiger partial charge >= 0.3 is 5.69 Å². The Kier molecular flexibility index (Phi) is 3.87. The molecule has 8 nitrogen and oxygen atoms in total. The second kappa shape index (κ2) is 6.34. The molecule has 5 aliphatic heterocycles. The van der Waals surface area contributed by atoms with Crippen molar-refractivity contribution in [1.82, 2.24) is 14.0 Å². The molecule has 5 bridgehead atoms. The third-order valence-corrected chi connectivity index (χ3v) is 10.5. The van der Waals surface area contributed by atoms with Crippen molar-refractivity contribution in [3.63, 3.8) is 0 Å². The van der Waals surface area contributed by atoms with Crippen LogP contribution in [0.15, 0.2) is 33.9 Å². The molecule has 34 heavy (non-hydrogen) atoms. The van der Waals surface area contributed by atoms with Gasteiger partial charge in [-0.3, -0.25) is 18.8 Å². The summed E-state index contributed by atoms with van der Waals surface area (Å²) in [6, 6.07) is 8.68. The maximum absolute atomic E-state index is 13.4. The van der Waals surface area contributed by atoms with Gasteiger partial charge in [0.05, 0.1) is 17.7 Å². The quantitative estimate of drug-likeness (QED) is 0.691. The average Bonchev–Trinajstić information content (AvgIpc) is 3.23. The summed E-state index contributed by atoms with van der Waals surface area (Å²) in [6.45, 7) is 2.14. The Morgan fingerprint density at radius 2 is 1.82 bits per heavy atom. The molecule has 180 valence electrons. The molecule has 2 aromatic rings. The standard InChI is InChI=1S/C26H32N4O4/c1-5-12-13-10-16-21-26(14-8-6-7-9-15(14)27(21)2)11-17(18(13)22(26)31)30(16)20(12)19-23(32)28(3)25(34)29(4)24(19)33/h6-9,12-13,16-18,20-22,31-32H,5,10-11H2,1-4H3/t12-,13-,16+,17-,18+,20-,21-,22+,26+/m0/s1.